The van der Waals surface area contributed by atoms with E-state index in [1.165, 1.54) is 4.90 Å². The molecule has 31 heavy (non-hydrogen) atoms. The highest BCUT2D eigenvalue weighted by Crippen LogP contribution is 2.19. The predicted molar refractivity (Wildman–Crippen MR) is 117 cm³/mol. The Morgan fingerprint density at radius 2 is 1.35 bits per heavy atom. The van der Waals surface area contributed by atoms with Gasteiger partial charge in [0.15, 0.2) is 5.43 Å². The van der Waals surface area contributed by atoms with Crippen molar-refractivity contribution in [2.45, 2.75) is 32.2 Å². The van der Waals surface area contributed by atoms with Crippen LogP contribution in [-0.2, 0) is 20.9 Å². The van der Waals surface area contributed by atoms with Crippen LogP contribution in [-0.4, -0.2) is 40.3 Å². The topological polar surface area (TPSA) is 101 Å². The van der Waals surface area contributed by atoms with Crippen LogP contribution in [0.5, 0.6) is 0 Å². The molecule has 1 aliphatic heterocycles. The Morgan fingerprint density at radius 1 is 0.774 bits per heavy atom. The second kappa shape index (κ2) is 8.99. The van der Waals surface area contributed by atoms with E-state index in [1.54, 1.807) is 41.0 Å². The van der Waals surface area contributed by atoms with Gasteiger partial charge in [-0.15, -0.1) is 0 Å². The first-order chi connectivity index (χ1) is 15.0. The van der Waals surface area contributed by atoms with Crippen LogP contribution in [0.1, 0.15) is 25.7 Å². The third-order valence-electron chi connectivity index (χ3n) is 5.53. The standard InChI is InChI=1S/C23H24N4O4/c28-20(14-26-13-7-1-2-12-22(26)30)24-25-21(29)15-27-18-10-5-3-8-16(18)23(31)17-9-4-6-11-19(17)27/h3-6,8-11H,1-2,7,12-15H2,(H,24,28)(H,25,29). The molecule has 1 saturated heterocycles. The molecule has 8 heteroatoms. The molecule has 2 N–H and O–H groups in total. The summed E-state index contributed by atoms with van der Waals surface area (Å²) in [5.41, 5.74) is 6.01. The fraction of sp³-hybridized carbons (Fsp3) is 0.304. The van der Waals surface area contributed by atoms with Crippen LogP contribution in [0.4, 0.5) is 0 Å². The minimum Gasteiger partial charge on any atom is -0.333 e. The molecule has 1 aliphatic rings. The van der Waals surface area contributed by atoms with Gasteiger partial charge in [-0.25, -0.2) is 0 Å². The lowest BCUT2D eigenvalue weighted by Crippen LogP contribution is -2.48. The fourth-order valence-electron chi connectivity index (χ4n) is 3.99. The molecule has 0 radical (unpaired) electrons. The molecule has 0 bridgehead atoms. The van der Waals surface area contributed by atoms with Gasteiger partial charge in [0.1, 0.15) is 13.1 Å². The number of hydrogen-bond acceptors (Lipinski definition) is 4. The summed E-state index contributed by atoms with van der Waals surface area (Å²) < 4.78 is 1.76. The molecule has 2 heterocycles. The summed E-state index contributed by atoms with van der Waals surface area (Å²) in [5, 5.41) is 1.05. The molecule has 1 aromatic heterocycles. The van der Waals surface area contributed by atoms with Crippen molar-refractivity contribution in [2.75, 3.05) is 13.1 Å². The second-order valence-corrected chi connectivity index (χ2v) is 7.67. The van der Waals surface area contributed by atoms with E-state index in [-0.39, 0.29) is 24.4 Å². The summed E-state index contributed by atoms with van der Waals surface area (Å²) in [5.74, 6) is -0.919. The smallest absolute Gasteiger partial charge is 0.258 e. The highest BCUT2D eigenvalue weighted by molar-refractivity contribution is 5.95. The lowest BCUT2D eigenvalue weighted by atomic mass is 10.1. The minimum absolute atomic E-state index is 0.0369. The first kappa shape index (κ1) is 20.6. The Labute approximate surface area is 178 Å². The number of para-hydroxylation sites is 2. The molecule has 160 valence electrons. The van der Waals surface area contributed by atoms with Crippen molar-refractivity contribution in [1.82, 2.24) is 20.3 Å². The molecular weight excluding hydrogens is 396 g/mol. The second-order valence-electron chi connectivity index (χ2n) is 7.67. The third kappa shape index (κ3) is 4.42. The van der Waals surface area contributed by atoms with Crippen molar-refractivity contribution in [3.63, 3.8) is 0 Å². The van der Waals surface area contributed by atoms with Gasteiger partial charge in [0, 0.05) is 23.7 Å². The van der Waals surface area contributed by atoms with E-state index in [0.717, 1.165) is 19.3 Å². The number of nitrogens with zero attached hydrogens (tertiary/aromatic N) is 2. The molecule has 0 saturated carbocycles. The third-order valence-corrected chi connectivity index (χ3v) is 5.53. The summed E-state index contributed by atoms with van der Waals surface area (Å²) in [7, 11) is 0. The van der Waals surface area contributed by atoms with Crippen LogP contribution in [0.15, 0.2) is 53.3 Å². The molecule has 3 amide bonds. The van der Waals surface area contributed by atoms with E-state index in [4.69, 9.17) is 0 Å². The highest BCUT2D eigenvalue weighted by Gasteiger charge is 2.19. The van der Waals surface area contributed by atoms with Gasteiger partial charge in [0.25, 0.3) is 11.8 Å². The van der Waals surface area contributed by atoms with Gasteiger partial charge in [0.2, 0.25) is 5.91 Å². The van der Waals surface area contributed by atoms with Crippen LogP contribution < -0.4 is 16.3 Å². The van der Waals surface area contributed by atoms with Gasteiger partial charge in [-0.05, 0) is 37.1 Å². The van der Waals surface area contributed by atoms with Crippen molar-refractivity contribution >= 4 is 39.5 Å². The first-order valence-corrected chi connectivity index (χ1v) is 10.4. The molecule has 2 aromatic carbocycles. The van der Waals surface area contributed by atoms with Crippen LogP contribution >= 0.6 is 0 Å². The predicted octanol–water partition coefficient (Wildman–Crippen LogP) is 1.70. The Hall–Kier alpha value is -3.68. The van der Waals surface area contributed by atoms with E-state index < -0.39 is 11.8 Å². The number of fused-ring (bicyclic) bond motifs is 2. The number of benzene rings is 2. The highest BCUT2D eigenvalue weighted by atomic mass is 16.2. The number of pyridine rings is 1. The largest absolute Gasteiger partial charge is 0.333 e. The minimum atomic E-state index is -0.446. The average Bonchev–Trinajstić information content (AvgIpc) is 2.99. The Bertz CT molecular complexity index is 1160. The first-order valence-electron chi connectivity index (χ1n) is 10.4. The molecule has 0 spiro atoms. The van der Waals surface area contributed by atoms with Gasteiger partial charge < -0.3 is 9.47 Å². The molecule has 0 atom stereocenters. The Kier molecular flexibility index (Phi) is 5.97. The number of hydrazine groups is 1. The lowest BCUT2D eigenvalue weighted by molar-refractivity contribution is -0.136. The van der Waals surface area contributed by atoms with Gasteiger partial charge >= 0.3 is 0 Å². The van der Waals surface area contributed by atoms with Crippen LogP contribution in [0.2, 0.25) is 0 Å². The van der Waals surface area contributed by atoms with Crippen molar-refractivity contribution in [2.24, 2.45) is 0 Å². The normalized spacial score (nSPS) is 14.5. The SMILES string of the molecule is O=C(CN1CCCCCC1=O)NNC(=O)Cn1c2ccccc2c(=O)c2ccccc21. The zero-order valence-corrected chi connectivity index (χ0v) is 17.1. The number of aromatic nitrogens is 1. The number of likely N-dealkylation sites (tertiary alicyclic amines) is 1. The molecule has 1 fully saturated rings. The van der Waals surface area contributed by atoms with E-state index in [2.05, 4.69) is 10.9 Å². The Balaban J connectivity index is 1.48. The molecule has 0 aliphatic carbocycles. The van der Waals surface area contributed by atoms with Crippen LogP contribution in [0.3, 0.4) is 0 Å². The van der Waals surface area contributed by atoms with Gasteiger partial charge in [-0.2, -0.15) is 0 Å². The van der Waals surface area contributed by atoms with Crippen molar-refractivity contribution in [1.29, 1.82) is 0 Å². The number of rotatable bonds is 4. The lowest BCUT2D eigenvalue weighted by Gasteiger charge is -2.20. The molecule has 4 rings (SSSR count). The van der Waals surface area contributed by atoms with E-state index >= 15 is 0 Å². The van der Waals surface area contributed by atoms with Crippen LogP contribution in [0, 0.1) is 0 Å². The zero-order chi connectivity index (χ0) is 21.8. The number of carbonyl (C=O) groups is 3. The van der Waals surface area contributed by atoms with E-state index in [1.807, 2.05) is 12.1 Å². The monoisotopic (exact) mass is 420 g/mol. The zero-order valence-electron chi connectivity index (χ0n) is 17.1. The molecule has 8 nitrogen and oxygen atoms in total. The molecular formula is C23H24N4O4. The van der Waals surface area contributed by atoms with Crippen molar-refractivity contribution in [3.8, 4) is 0 Å². The van der Waals surface area contributed by atoms with E-state index in [9.17, 15) is 19.2 Å². The van der Waals surface area contributed by atoms with Gasteiger partial charge in [-0.1, -0.05) is 30.7 Å². The molecule has 0 unspecified atom stereocenters. The summed E-state index contributed by atoms with van der Waals surface area (Å²) in [4.78, 5) is 51.2. The van der Waals surface area contributed by atoms with E-state index in [0.29, 0.717) is 34.8 Å². The van der Waals surface area contributed by atoms with Crippen LogP contribution in [0.25, 0.3) is 21.8 Å². The number of nitrogens with one attached hydrogen (secondary N) is 2. The number of carbonyl (C=O) groups excluding carboxylic acids is 3. The molecule has 3 aromatic rings. The van der Waals surface area contributed by atoms with Gasteiger partial charge in [0.05, 0.1) is 11.0 Å². The maximum absolute atomic E-state index is 12.8. The maximum atomic E-state index is 12.8. The maximum Gasteiger partial charge on any atom is 0.258 e. The average molecular weight is 420 g/mol. The summed E-state index contributed by atoms with van der Waals surface area (Å²) >= 11 is 0. The summed E-state index contributed by atoms with van der Waals surface area (Å²) in [6, 6.07) is 14.2. The summed E-state index contributed by atoms with van der Waals surface area (Å²) in [6.07, 6.45) is 3.14. The number of amides is 3. The quantitative estimate of drug-likeness (QED) is 0.496. The van der Waals surface area contributed by atoms with Gasteiger partial charge in [-0.3, -0.25) is 30.0 Å². The fourth-order valence-corrected chi connectivity index (χ4v) is 3.99. The van der Waals surface area contributed by atoms with Crippen molar-refractivity contribution < 1.29 is 14.4 Å². The summed E-state index contributed by atoms with van der Waals surface area (Å²) in [6.45, 7) is 0.392. The van der Waals surface area contributed by atoms with Crippen molar-refractivity contribution in [3.05, 3.63) is 58.8 Å². The number of hydrogen-bond donors (Lipinski definition) is 2. The Morgan fingerprint density at radius 3 is 2.00 bits per heavy atom.